The fraction of sp³-hybridized carbons (Fsp3) is 0.632. The third kappa shape index (κ3) is 4.48. The number of aliphatic hydroxyl groups excluding tert-OH is 1. The highest BCUT2D eigenvalue weighted by molar-refractivity contribution is 5.74. The van der Waals surface area contributed by atoms with Crippen LogP contribution < -0.4 is 10.6 Å². The van der Waals surface area contributed by atoms with Gasteiger partial charge in [0.05, 0.1) is 12.1 Å². The van der Waals surface area contributed by atoms with E-state index < -0.39 is 0 Å². The molecular weight excluding hydrogens is 304 g/mol. The van der Waals surface area contributed by atoms with E-state index in [0.717, 1.165) is 50.7 Å². The molecule has 3 N–H and O–H groups in total. The molecule has 1 heterocycles. The maximum absolute atomic E-state index is 12.4. The Bertz CT molecular complexity index is 538. The van der Waals surface area contributed by atoms with Crippen molar-refractivity contribution in [2.24, 2.45) is 0 Å². The van der Waals surface area contributed by atoms with Crippen LogP contribution in [0.25, 0.3) is 0 Å². The van der Waals surface area contributed by atoms with Crippen molar-refractivity contribution >= 4 is 6.03 Å². The van der Waals surface area contributed by atoms with Crippen LogP contribution in [0, 0.1) is 6.92 Å². The Labute approximate surface area is 143 Å². The average Bonchev–Trinajstić information content (AvgIpc) is 2.58. The Morgan fingerprint density at radius 3 is 2.50 bits per heavy atom. The van der Waals surface area contributed by atoms with E-state index >= 15 is 0 Å². The quantitative estimate of drug-likeness (QED) is 0.797. The van der Waals surface area contributed by atoms with Crippen molar-refractivity contribution in [3.63, 3.8) is 0 Å². The van der Waals surface area contributed by atoms with Crippen LogP contribution in [0.15, 0.2) is 24.3 Å². The molecule has 1 aromatic rings. The normalized spacial score (nSPS) is 30.6. The first-order valence-corrected chi connectivity index (χ1v) is 9.05. The van der Waals surface area contributed by atoms with Crippen LogP contribution in [0.4, 0.5) is 4.79 Å². The maximum Gasteiger partial charge on any atom is 0.315 e. The van der Waals surface area contributed by atoms with Crippen molar-refractivity contribution in [2.45, 2.75) is 69.7 Å². The molecule has 1 saturated heterocycles. The Morgan fingerprint density at radius 2 is 1.79 bits per heavy atom. The van der Waals surface area contributed by atoms with Crippen LogP contribution in [0.3, 0.4) is 0 Å². The highest BCUT2D eigenvalue weighted by Gasteiger charge is 2.29. The molecule has 2 aliphatic rings. The third-order valence-electron chi connectivity index (χ3n) is 5.08. The van der Waals surface area contributed by atoms with E-state index in [2.05, 4.69) is 41.8 Å². The SMILES string of the molecule is Cc1ccc([C@H]2OCCC[C@H]2NC(=O)NC2CCC(O)CC2)cc1. The standard InChI is InChI=1S/C19H28N2O3/c1-13-4-6-14(7-5-13)18-17(3-2-12-24-18)21-19(23)20-15-8-10-16(22)11-9-15/h4-7,15-18,22H,2-3,8-12H2,1H3,(H2,20,21,23)/t15?,16?,17-,18-/m1/s1. The zero-order valence-electron chi connectivity index (χ0n) is 14.3. The van der Waals surface area contributed by atoms with E-state index in [1.54, 1.807) is 0 Å². The zero-order valence-corrected chi connectivity index (χ0v) is 14.3. The number of nitrogens with one attached hydrogen (secondary N) is 2. The maximum atomic E-state index is 12.4. The first-order valence-electron chi connectivity index (χ1n) is 9.05. The van der Waals surface area contributed by atoms with Crippen LogP contribution in [-0.2, 0) is 4.74 Å². The predicted molar refractivity (Wildman–Crippen MR) is 92.8 cm³/mol. The molecule has 3 rings (SSSR count). The lowest BCUT2D eigenvalue weighted by Crippen LogP contribution is -2.50. The molecule has 2 atom stereocenters. The van der Waals surface area contributed by atoms with Gasteiger partial charge in [0.1, 0.15) is 6.10 Å². The van der Waals surface area contributed by atoms with Gasteiger partial charge in [-0.15, -0.1) is 0 Å². The number of urea groups is 1. The van der Waals surface area contributed by atoms with E-state index in [-0.39, 0.29) is 30.3 Å². The summed E-state index contributed by atoms with van der Waals surface area (Å²) in [6, 6.07) is 8.37. The lowest BCUT2D eigenvalue weighted by Gasteiger charge is -2.34. The molecule has 132 valence electrons. The lowest BCUT2D eigenvalue weighted by molar-refractivity contribution is -0.00760. The van der Waals surface area contributed by atoms with Crippen LogP contribution in [0.5, 0.6) is 0 Å². The van der Waals surface area contributed by atoms with Gasteiger partial charge in [-0.25, -0.2) is 4.79 Å². The average molecular weight is 332 g/mol. The van der Waals surface area contributed by atoms with Crippen molar-refractivity contribution in [1.29, 1.82) is 0 Å². The molecule has 0 spiro atoms. The molecule has 1 saturated carbocycles. The monoisotopic (exact) mass is 332 g/mol. The minimum atomic E-state index is -0.205. The Kier molecular flexibility index (Phi) is 5.74. The minimum absolute atomic E-state index is 0.00404. The summed E-state index contributed by atoms with van der Waals surface area (Å²) in [6.45, 7) is 2.80. The predicted octanol–water partition coefficient (Wildman–Crippen LogP) is 2.82. The van der Waals surface area contributed by atoms with Crippen molar-refractivity contribution in [3.8, 4) is 0 Å². The molecule has 5 nitrogen and oxygen atoms in total. The summed E-state index contributed by atoms with van der Waals surface area (Å²) in [6.07, 6.45) is 4.82. The van der Waals surface area contributed by atoms with Crippen molar-refractivity contribution < 1.29 is 14.6 Å². The second kappa shape index (κ2) is 7.99. The molecule has 1 aromatic carbocycles. The lowest BCUT2D eigenvalue weighted by atomic mass is 9.93. The van der Waals surface area contributed by atoms with Gasteiger partial charge in [0, 0.05) is 12.6 Å². The second-order valence-corrected chi connectivity index (χ2v) is 7.07. The van der Waals surface area contributed by atoms with E-state index in [1.165, 1.54) is 5.56 Å². The third-order valence-corrected chi connectivity index (χ3v) is 5.08. The van der Waals surface area contributed by atoms with Gasteiger partial charge in [-0.2, -0.15) is 0 Å². The summed E-state index contributed by atoms with van der Waals surface area (Å²) in [5, 5.41) is 15.7. The van der Waals surface area contributed by atoms with Crippen molar-refractivity contribution in [2.75, 3.05) is 6.61 Å². The summed E-state index contributed by atoms with van der Waals surface area (Å²) in [4.78, 5) is 12.4. The van der Waals surface area contributed by atoms with Gasteiger partial charge in [0.2, 0.25) is 0 Å². The van der Waals surface area contributed by atoms with Gasteiger partial charge in [-0.3, -0.25) is 0 Å². The fourth-order valence-corrected chi connectivity index (χ4v) is 3.63. The van der Waals surface area contributed by atoms with E-state index in [1.807, 2.05) is 0 Å². The first kappa shape index (κ1) is 17.2. The largest absolute Gasteiger partial charge is 0.393 e. The number of ether oxygens (including phenoxy) is 1. The summed E-state index contributed by atoms with van der Waals surface area (Å²) >= 11 is 0. The van der Waals surface area contributed by atoms with Crippen LogP contribution >= 0.6 is 0 Å². The Morgan fingerprint density at radius 1 is 1.08 bits per heavy atom. The van der Waals surface area contributed by atoms with Gasteiger partial charge in [-0.1, -0.05) is 29.8 Å². The number of rotatable bonds is 3. The van der Waals surface area contributed by atoms with Crippen LogP contribution in [0.2, 0.25) is 0 Å². The molecule has 0 bridgehead atoms. The number of aliphatic hydroxyl groups is 1. The zero-order chi connectivity index (χ0) is 16.9. The van der Waals surface area contributed by atoms with Gasteiger partial charge >= 0.3 is 6.03 Å². The summed E-state index contributed by atoms with van der Waals surface area (Å²) < 4.78 is 5.95. The van der Waals surface area contributed by atoms with E-state index in [0.29, 0.717) is 0 Å². The smallest absolute Gasteiger partial charge is 0.315 e. The van der Waals surface area contributed by atoms with Crippen LogP contribution in [0.1, 0.15) is 55.8 Å². The number of amides is 2. The van der Waals surface area contributed by atoms with E-state index in [4.69, 9.17) is 4.74 Å². The Hall–Kier alpha value is -1.59. The Balaban J connectivity index is 1.57. The molecule has 5 heteroatoms. The van der Waals surface area contributed by atoms with Crippen molar-refractivity contribution in [1.82, 2.24) is 10.6 Å². The molecular formula is C19H28N2O3. The number of carbonyl (C=O) groups is 1. The van der Waals surface area contributed by atoms with Gasteiger partial charge < -0.3 is 20.5 Å². The molecule has 0 aromatic heterocycles. The molecule has 2 amide bonds. The number of benzene rings is 1. The number of aryl methyl sites for hydroxylation is 1. The summed E-state index contributed by atoms with van der Waals surface area (Å²) in [7, 11) is 0. The highest BCUT2D eigenvalue weighted by atomic mass is 16.5. The van der Waals surface area contributed by atoms with Crippen molar-refractivity contribution in [3.05, 3.63) is 35.4 Å². The summed E-state index contributed by atoms with van der Waals surface area (Å²) in [5.74, 6) is 0. The molecule has 2 fully saturated rings. The molecule has 0 radical (unpaired) electrons. The first-order chi connectivity index (χ1) is 11.6. The van der Waals surface area contributed by atoms with Gasteiger partial charge in [0.15, 0.2) is 0 Å². The van der Waals surface area contributed by atoms with Gasteiger partial charge in [0.25, 0.3) is 0 Å². The topological polar surface area (TPSA) is 70.6 Å². The second-order valence-electron chi connectivity index (χ2n) is 7.07. The molecule has 1 aliphatic heterocycles. The summed E-state index contributed by atoms with van der Waals surface area (Å²) in [5.41, 5.74) is 2.34. The van der Waals surface area contributed by atoms with Crippen LogP contribution in [-0.4, -0.2) is 35.9 Å². The fourth-order valence-electron chi connectivity index (χ4n) is 3.63. The number of hydrogen-bond acceptors (Lipinski definition) is 3. The number of carbonyl (C=O) groups excluding carboxylic acids is 1. The molecule has 0 unspecified atom stereocenters. The number of hydrogen-bond donors (Lipinski definition) is 3. The van der Waals surface area contributed by atoms with E-state index in [9.17, 15) is 9.90 Å². The molecule has 24 heavy (non-hydrogen) atoms. The highest BCUT2D eigenvalue weighted by Crippen LogP contribution is 2.28. The minimum Gasteiger partial charge on any atom is -0.393 e. The molecule has 1 aliphatic carbocycles. The van der Waals surface area contributed by atoms with Gasteiger partial charge in [-0.05, 0) is 51.0 Å².